The minimum atomic E-state index is -0.399. The molecule has 0 bridgehead atoms. The quantitative estimate of drug-likeness (QED) is 0.811. The molecule has 0 aliphatic heterocycles. The molecule has 0 spiro atoms. The molecule has 0 aromatic heterocycles. The molecule has 1 aliphatic carbocycles. The summed E-state index contributed by atoms with van der Waals surface area (Å²) < 4.78 is 5.15. The van der Waals surface area contributed by atoms with Gasteiger partial charge in [0.25, 0.3) is 0 Å². The number of hydrogen-bond acceptors (Lipinski definition) is 3. The maximum absolute atomic E-state index is 11.6. The van der Waals surface area contributed by atoms with E-state index in [0.717, 1.165) is 18.4 Å². The van der Waals surface area contributed by atoms with Crippen LogP contribution in [0.25, 0.3) is 0 Å². The Bertz CT molecular complexity index is 376. The first-order valence-corrected chi connectivity index (χ1v) is 6.37. The van der Waals surface area contributed by atoms with Gasteiger partial charge in [0.15, 0.2) is 0 Å². The van der Waals surface area contributed by atoms with E-state index in [-0.39, 0.29) is 19.3 Å². The largest absolute Gasteiger partial charge is 0.445 e. The summed E-state index contributed by atoms with van der Waals surface area (Å²) in [5.41, 5.74) is 0.970. The van der Waals surface area contributed by atoms with Crippen LogP contribution in [0.2, 0.25) is 0 Å². The summed E-state index contributed by atoms with van der Waals surface area (Å²) in [6.07, 6.45) is 2.46. The lowest BCUT2D eigenvalue weighted by atomic mass is 10.1. The molecular weight excluding hydrogens is 230 g/mol. The third kappa shape index (κ3) is 4.04. The molecule has 98 valence electrons. The molecule has 1 saturated carbocycles. The lowest BCUT2D eigenvalue weighted by Gasteiger charge is -2.16. The van der Waals surface area contributed by atoms with Gasteiger partial charge in [0.1, 0.15) is 6.61 Å². The number of benzene rings is 1. The highest BCUT2D eigenvalue weighted by Crippen LogP contribution is 2.33. The van der Waals surface area contributed by atoms with Crippen molar-refractivity contribution in [3.63, 3.8) is 0 Å². The van der Waals surface area contributed by atoms with E-state index >= 15 is 0 Å². The van der Waals surface area contributed by atoms with Crippen molar-refractivity contribution in [1.29, 1.82) is 0 Å². The highest BCUT2D eigenvalue weighted by molar-refractivity contribution is 5.67. The molecule has 1 aromatic carbocycles. The topological polar surface area (TPSA) is 58.6 Å². The molecular formula is C14H19NO3. The van der Waals surface area contributed by atoms with Crippen molar-refractivity contribution in [3.8, 4) is 0 Å². The van der Waals surface area contributed by atoms with Gasteiger partial charge in [-0.25, -0.2) is 4.79 Å². The Balaban J connectivity index is 1.74. The Hall–Kier alpha value is -1.55. The van der Waals surface area contributed by atoms with Crippen LogP contribution < -0.4 is 5.32 Å². The van der Waals surface area contributed by atoms with Crippen molar-refractivity contribution < 1.29 is 14.6 Å². The van der Waals surface area contributed by atoms with Gasteiger partial charge in [-0.3, -0.25) is 0 Å². The molecule has 1 aliphatic rings. The molecule has 4 heteroatoms. The lowest BCUT2D eigenvalue weighted by Crippen LogP contribution is -2.37. The van der Waals surface area contributed by atoms with E-state index in [0.29, 0.717) is 12.3 Å². The molecule has 4 nitrogen and oxygen atoms in total. The van der Waals surface area contributed by atoms with Gasteiger partial charge in [-0.1, -0.05) is 30.3 Å². The number of aliphatic hydroxyl groups excluding tert-OH is 1. The number of amides is 1. The standard InChI is InChI=1S/C14H19NO3/c16-9-8-13(12-6-7-12)15-14(17)18-10-11-4-2-1-3-5-11/h1-5,12-13,16H,6-10H2,(H,15,17)/t13-/m1/s1. The monoisotopic (exact) mass is 249 g/mol. The van der Waals surface area contributed by atoms with Crippen molar-refractivity contribution in [2.75, 3.05) is 6.61 Å². The van der Waals surface area contributed by atoms with Gasteiger partial charge in [-0.2, -0.15) is 0 Å². The Labute approximate surface area is 107 Å². The van der Waals surface area contributed by atoms with Crippen LogP contribution in [0.4, 0.5) is 4.79 Å². The van der Waals surface area contributed by atoms with Crippen molar-refractivity contribution in [3.05, 3.63) is 35.9 Å². The van der Waals surface area contributed by atoms with Crippen LogP contribution in [-0.2, 0) is 11.3 Å². The molecule has 1 fully saturated rings. The average Bonchev–Trinajstić information content (AvgIpc) is 3.21. The SMILES string of the molecule is O=C(N[C@H](CCO)C1CC1)OCc1ccccc1. The summed E-state index contributed by atoms with van der Waals surface area (Å²) in [6.45, 7) is 0.378. The number of nitrogens with one attached hydrogen (secondary N) is 1. The van der Waals surface area contributed by atoms with Crippen LogP contribution in [-0.4, -0.2) is 23.8 Å². The fraction of sp³-hybridized carbons (Fsp3) is 0.500. The zero-order valence-electron chi connectivity index (χ0n) is 10.3. The predicted octanol–water partition coefficient (Wildman–Crippen LogP) is 2.07. The smallest absolute Gasteiger partial charge is 0.407 e. The highest BCUT2D eigenvalue weighted by atomic mass is 16.5. The third-order valence-electron chi connectivity index (χ3n) is 3.15. The van der Waals surface area contributed by atoms with Crippen molar-refractivity contribution in [2.24, 2.45) is 5.92 Å². The molecule has 18 heavy (non-hydrogen) atoms. The Morgan fingerprint density at radius 3 is 2.72 bits per heavy atom. The van der Waals surface area contributed by atoms with Crippen molar-refractivity contribution in [2.45, 2.75) is 31.9 Å². The first-order valence-electron chi connectivity index (χ1n) is 6.37. The van der Waals surface area contributed by atoms with E-state index in [1.165, 1.54) is 0 Å². The van der Waals surface area contributed by atoms with Gasteiger partial charge in [0.2, 0.25) is 0 Å². The Kier molecular flexibility index (Phi) is 4.59. The normalized spacial score (nSPS) is 16.1. The minimum Gasteiger partial charge on any atom is -0.445 e. The van der Waals surface area contributed by atoms with Gasteiger partial charge in [0, 0.05) is 12.6 Å². The van der Waals surface area contributed by atoms with Gasteiger partial charge in [-0.05, 0) is 30.7 Å². The second-order valence-electron chi connectivity index (χ2n) is 4.66. The Morgan fingerprint density at radius 2 is 2.11 bits per heavy atom. The number of carbonyl (C=O) groups is 1. The molecule has 2 N–H and O–H groups in total. The molecule has 1 aromatic rings. The number of alkyl carbamates (subject to hydrolysis) is 1. The fourth-order valence-corrected chi connectivity index (χ4v) is 1.98. The van der Waals surface area contributed by atoms with E-state index in [9.17, 15) is 4.79 Å². The minimum absolute atomic E-state index is 0.0540. The van der Waals surface area contributed by atoms with E-state index in [1.54, 1.807) is 0 Å². The first-order chi connectivity index (χ1) is 8.79. The molecule has 2 rings (SSSR count). The van der Waals surface area contributed by atoms with E-state index in [4.69, 9.17) is 9.84 Å². The van der Waals surface area contributed by atoms with Crippen LogP contribution in [0.3, 0.4) is 0 Å². The highest BCUT2D eigenvalue weighted by Gasteiger charge is 2.32. The number of hydrogen-bond donors (Lipinski definition) is 2. The molecule has 0 heterocycles. The van der Waals surface area contributed by atoms with E-state index in [1.807, 2.05) is 30.3 Å². The second-order valence-corrected chi connectivity index (χ2v) is 4.66. The molecule has 0 saturated heterocycles. The first kappa shape index (κ1) is 12.9. The number of ether oxygens (including phenoxy) is 1. The van der Waals surface area contributed by atoms with Crippen LogP contribution in [0.15, 0.2) is 30.3 Å². The zero-order valence-corrected chi connectivity index (χ0v) is 10.3. The van der Waals surface area contributed by atoms with E-state index < -0.39 is 6.09 Å². The van der Waals surface area contributed by atoms with Crippen LogP contribution in [0, 0.1) is 5.92 Å². The van der Waals surface area contributed by atoms with Crippen molar-refractivity contribution in [1.82, 2.24) is 5.32 Å². The zero-order chi connectivity index (χ0) is 12.8. The number of rotatable bonds is 6. The van der Waals surface area contributed by atoms with E-state index in [2.05, 4.69) is 5.32 Å². The van der Waals surface area contributed by atoms with Crippen molar-refractivity contribution >= 4 is 6.09 Å². The molecule has 1 atom stereocenters. The second kappa shape index (κ2) is 6.40. The maximum Gasteiger partial charge on any atom is 0.407 e. The maximum atomic E-state index is 11.6. The summed E-state index contributed by atoms with van der Waals surface area (Å²) >= 11 is 0. The summed E-state index contributed by atoms with van der Waals surface area (Å²) in [4.78, 5) is 11.6. The molecule has 1 amide bonds. The van der Waals surface area contributed by atoms with Gasteiger partial charge in [-0.15, -0.1) is 0 Å². The number of carbonyl (C=O) groups excluding carboxylic acids is 1. The number of aliphatic hydroxyl groups is 1. The fourth-order valence-electron chi connectivity index (χ4n) is 1.98. The Morgan fingerprint density at radius 1 is 1.39 bits per heavy atom. The summed E-state index contributed by atoms with van der Waals surface area (Å²) in [7, 11) is 0. The lowest BCUT2D eigenvalue weighted by molar-refractivity contribution is 0.131. The average molecular weight is 249 g/mol. The van der Waals surface area contributed by atoms with Crippen LogP contribution in [0.5, 0.6) is 0 Å². The van der Waals surface area contributed by atoms with Gasteiger partial charge >= 0.3 is 6.09 Å². The van der Waals surface area contributed by atoms with Gasteiger partial charge in [0.05, 0.1) is 0 Å². The van der Waals surface area contributed by atoms with Crippen LogP contribution >= 0.6 is 0 Å². The predicted molar refractivity (Wildman–Crippen MR) is 68.0 cm³/mol. The molecule has 0 unspecified atom stereocenters. The summed E-state index contributed by atoms with van der Waals surface area (Å²) in [5, 5.41) is 11.8. The summed E-state index contributed by atoms with van der Waals surface area (Å²) in [5.74, 6) is 0.515. The summed E-state index contributed by atoms with van der Waals surface area (Å²) in [6, 6.07) is 9.63. The van der Waals surface area contributed by atoms with Gasteiger partial charge < -0.3 is 15.2 Å². The third-order valence-corrected chi connectivity index (χ3v) is 3.15. The van der Waals surface area contributed by atoms with Crippen LogP contribution in [0.1, 0.15) is 24.8 Å². The molecule has 0 radical (unpaired) electrons.